The number of hydrogen-bond donors (Lipinski definition) is 0. The molecule has 0 saturated carbocycles. The molecule has 0 saturated heterocycles. The smallest absolute Gasteiger partial charge is 0.305 e. The zero-order chi connectivity index (χ0) is 16.5. The Morgan fingerprint density at radius 3 is 2.88 bits per heavy atom. The summed E-state index contributed by atoms with van der Waals surface area (Å²) in [5.41, 5.74) is 1.85. The van der Waals surface area contributed by atoms with Gasteiger partial charge in [0.1, 0.15) is 12.4 Å². The first-order valence-corrected chi connectivity index (χ1v) is 7.16. The normalized spacial score (nSPS) is 11.1. The van der Waals surface area contributed by atoms with Crippen LogP contribution >= 0.6 is 0 Å². The first-order chi connectivity index (χ1) is 11.7. The first kappa shape index (κ1) is 14.2. The highest BCUT2D eigenvalue weighted by molar-refractivity contribution is 5.78. The third kappa shape index (κ3) is 2.45. The molecule has 0 radical (unpaired) electrons. The lowest BCUT2D eigenvalue weighted by Gasteiger charge is -2.08. The van der Waals surface area contributed by atoms with Gasteiger partial charge in [-0.3, -0.25) is 4.98 Å². The highest BCUT2D eigenvalue weighted by atomic mass is 19.1. The van der Waals surface area contributed by atoms with E-state index in [0.29, 0.717) is 17.0 Å². The van der Waals surface area contributed by atoms with Crippen LogP contribution < -0.4 is 4.74 Å². The van der Waals surface area contributed by atoms with Crippen LogP contribution in [0.3, 0.4) is 0 Å². The van der Waals surface area contributed by atoms with Gasteiger partial charge < -0.3 is 4.74 Å². The fourth-order valence-corrected chi connectivity index (χ4v) is 2.35. The molecule has 0 aliphatic carbocycles. The highest BCUT2D eigenvalue weighted by Gasteiger charge is 2.18. The van der Waals surface area contributed by atoms with E-state index in [0.717, 1.165) is 5.69 Å². The maximum atomic E-state index is 13.7. The maximum Gasteiger partial charge on any atom is 0.305 e. The van der Waals surface area contributed by atoms with Gasteiger partial charge in [0.2, 0.25) is 0 Å². The molecule has 0 fully saturated rings. The zero-order valence-corrected chi connectivity index (χ0v) is 12.7. The lowest BCUT2D eigenvalue weighted by Crippen LogP contribution is -2.08. The second-order valence-electron chi connectivity index (χ2n) is 5.08. The largest absolute Gasteiger partial charge is 0.458 e. The van der Waals surface area contributed by atoms with Gasteiger partial charge in [-0.25, -0.2) is 13.6 Å². The molecule has 4 aromatic rings. The molecule has 24 heavy (non-hydrogen) atoms. The second-order valence-corrected chi connectivity index (χ2v) is 5.08. The average molecular weight is 325 g/mol. The summed E-state index contributed by atoms with van der Waals surface area (Å²) in [6, 6.07) is 10.1. The van der Waals surface area contributed by atoms with Crippen molar-refractivity contribution in [1.29, 1.82) is 0 Å². The molecular weight excluding hydrogens is 313 g/mol. The fourth-order valence-electron chi connectivity index (χ4n) is 2.35. The summed E-state index contributed by atoms with van der Waals surface area (Å²) in [7, 11) is 1.68. The minimum absolute atomic E-state index is 0.220. The quantitative estimate of drug-likeness (QED) is 0.567. The molecule has 9 heteroatoms. The summed E-state index contributed by atoms with van der Waals surface area (Å²) < 4.78 is 22.5. The van der Waals surface area contributed by atoms with Crippen molar-refractivity contribution in [1.82, 2.24) is 34.7 Å². The van der Waals surface area contributed by atoms with Crippen molar-refractivity contribution in [3.63, 3.8) is 0 Å². The number of nitrogens with zero attached hydrogens (tertiary/aromatic N) is 7. The number of benzene rings is 1. The van der Waals surface area contributed by atoms with Gasteiger partial charge in [0, 0.05) is 19.3 Å². The number of tetrazole rings is 1. The van der Waals surface area contributed by atoms with Gasteiger partial charge in [-0.1, -0.05) is 11.2 Å². The van der Waals surface area contributed by atoms with Crippen LogP contribution in [0.2, 0.25) is 0 Å². The van der Waals surface area contributed by atoms with Gasteiger partial charge in [0.15, 0.2) is 0 Å². The van der Waals surface area contributed by atoms with Crippen molar-refractivity contribution >= 4 is 11.0 Å². The molecule has 4 rings (SSSR count). The third-order valence-electron chi connectivity index (χ3n) is 3.46. The highest BCUT2D eigenvalue weighted by Crippen LogP contribution is 2.25. The Hall–Kier alpha value is -3.36. The molecule has 0 amide bonds. The molecule has 3 heterocycles. The molecule has 1 aromatic carbocycles. The number of hydrogen-bond acceptors (Lipinski definition) is 6. The van der Waals surface area contributed by atoms with E-state index in [-0.39, 0.29) is 18.4 Å². The average Bonchev–Trinajstić information content (AvgIpc) is 3.16. The van der Waals surface area contributed by atoms with E-state index < -0.39 is 0 Å². The van der Waals surface area contributed by atoms with E-state index >= 15 is 0 Å². The number of aromatic nitrogens is 7. The van der Waals surface area contributed by atoms with Crippen molar-refractivity contribution in [3.05, 3.63) is 54.1 Å². The van der Waals surface area contributed by atoms with Crippen LogP contribution in [0.15, 0.2) is 42.6 Å². The van der Waals surface area contributed by atoms with Crippen LogP contribution in [0.25, 0.3) is 17.0 Å². The molecule has 0 unspecified atom stereocenters. The molecule has 8 nitrogen and oxygen atoms in total. The van der Waals surface area contributed by atoms with Gasteiger partial charge in [-0.05, 0) is 34.7 Å². The zero-order valence-electron chi connectivity index (χ0n) is 12.7. The Balaban J connectivity index is 1.81. The van der Waals surface area contributed by atoms with Crippen LogP contribution in [0, 0.1) is 5.82 Å². The molecule has 0 atom stereocenters. The Bertz CT molecular complexity index is 996. The van der Waals surface area contributed by atoms with Gasteiger partial charge in [-0.15, -0.1) is 0 Å². The SMILES string of the molecule is Cn1nnnc1-n1c(OCc2ccccn2)nc2ccc(F)cc21. The number of pyridine rings is 1. The predicted octanol–water partition coefficient (Wildman–Crippen LogP) is 1.66. The molecule has 0 aliphatic rings. The van der Waals surface area contributed by atoms with Gasteiger partial charge in [0.25, 0.3) is 5.95 Å². The predicted molar refractivity (Wildman–Crippen MR) is 82.0 cm³/mol. The summed E-state index contributed by atoms with van der Waals surface area (Å²) in [5, 5.41) is 11.4. The molecular formula is C15H12FN7O. The minimum Gasteiger partial charge on any atom is -0.458 e. The van der Waals surface area contributed by atoms with E-state index in [2.05, 4.69) is 25.5 Å². The third-order valence-corrected chi connectivity index (χ3v) is 3.46. The van der Waals surface area contributed by atoms with Gasteiger partial charge in [0.05, 0.1) is 16.7 Å². The Labute approximate surface area is 135 Å². The van der Waals surface area contributed by atoms with E-state index in [4.69, 9.17) is 4.74 Å². The number of rotatable bonds is 4. The van der Waals surface area contributed by atoms with E-state index in [9.17, 15) is 4.39 Å². The van der Waals surface area contributed by atoms with E-state index in [1.165, 1.54) is 16.8 Å². The summed E-state index contributed by atoms with van der Waals surface area (Å²) in [6.07, 6.45) is 1.68. The van der Waals surface area contributed by atoms with Crippen molar-refractivity contribution in [2.24, 2.45) is 7.05 Å². The van der Waals surface area contributed by atoms with E-state index in [1.54, 1.807) is 23.9 Å². The van der Waals surface area contributed by atoms with Gasteiger partial charge >= 0.3 is 6.01 Å². The van der Waals surface area contributed by atoms with Crippen LogP contribution in [0.1, 0.15) is 5.69 Å². The van der Waals surface area contributed by atoms with Crippen LogP contribution in [0.4, 0.5) is 4.39 Å². The molecule has 0 spiro atoms. The summed E-state index contributed by atoms with van der Waals surface area (Å²) in [6.45, 7) is 0.220. The summed E-state index contributed by atoms with van der Waals surface area (Å²) in [4.78, 5) is 8.61. The molecule has 0 bridgehead atoms. The molecule has 120 valence electrons. The van der Waals surface area contributed by atoms with Crippen molar-refractivity contribution in [3.8, 4) is 12.0 Å². The molecule has 0 aliphatic heterocycles. The number of halogens is 1. The maximum absolute atomic E-state index is 13.7. The van der Waals surface area contributed by atoms with Crippen molar-refractivity contribution in [2.75, 3.05) is 0 Å². The van der Waals surface area contributed by atoms with Crippen molar-refractivity contribution in [2.45, 2.75) is 6.61 Å². The standard InChI is InChI=1S/C15H12FN7O/c1-22-14(19-20-21-22)23-13-8-10(16)5-6-12(13)18-15(23)24-9-11-4-2-3-7-17-11/h2-8H,9H2,1H3. The molecule has 0 N–H and O–H groups in total. The van der Waals surface area contributed by atoms with Crippen LogP contribution in [0.5, 0.6) is 6.01 Å². The fraction of sp³-hybridized carbons (Fsp3) is 0.133. The lowest BCUT2D eigenvalue weighted by molar-refractivity contribution is 0.272. The summed E-state index contributed by atoms with van der Waals surface area (Å²) >= 11 is 0. The Kier molecular flexibility index (Phi) is 3.38. The Morgan fingerprint density at radius 2 is 2.12 bits per heavy atom. The minimum atomic E-state index is -0.380. The van der Waals surface area contributed by atoms with Crippen molar-refractivity contribution < 1.29 is 9.13 Å². The first-order valence-electron chi connectivity index (χ1n) is 7.16. The Morgan fingerprint density at radius 1 is 1.21 bits per heavy atom. The lowest BCUT2D eigenvalue weighted by atomic mass is 10.3. The number of imidazole rings is 1. The monoisotopic (exact) mass is 325 g/mol. The van der Waals surface area contributed by atoms with Gasteiger partial charge in [-0.2, -0.15) is 4.98 Å². The number of ether oxygens (including phenoxy) is 1. The van der Waals surface area contributed by atoms with Crippen LogP contribution in [-0.4, -0.2) is 34.7 Å². The number of aryl methyl sites for hydroxylation is 1. The van der Waals surface area contributed by atoms with Crippen LogP contribution in [-0.2, 0) is 13.7 Å². The summed E-state index contributed by atoms with van der Waals surface area (Å²) in [5.74, 6) is -0.00539. The molecule has 3 aromatic heterocycles. The van der Waals surface area contributed by atoms with E-state index in [1.807, 2.05) is 18.2 Å². The number of fused-ring (bicyclic) bond motifs is 1. The topological polar surface area (TPSA) is 83.5 Å². The second kappa shape index (κ2) is 5.69.